The van der Waals surface area contributed by atoms with Crippen molar-refractivity contribution in [2.24, 2.45) is 0 Å². The Morgan fingerprint density at radius 2 is 1.61 bits per heavy atom. The maximum atomic E-state index is 10.2. The number of aliphatic hydroxyl groups is 1. The highest BCUT2D eigenvalue weighted by atomic mass is 28.3. The summed E-state index contributed by atoms with van der Waals surface area (Å²) in [5.41, 5.74) is 3.74. The summed E-state index contributed by atoms with van der Waals surface area (Å²) in [5.74, 6) is 4.07. The first-order valence-electron chi connectivity index (χ1n) is 5.80. The number of benzene rings is 1. The first kappa shape index (κ1) is 14.6. The van der Waals surface area contributed by atoms with Crippen molar-refractivity contribution < 1.29 is 14.6 Å². The van der Waals surface area contributed by atoms with Gasteiger partial charge in [-0.1, -0.05) is 31.6 Å². The second kappa shape index (κ2) is 5.94. The Kier molecular flexibility index (Phi) is 4.82. The standard InChI is InChI=1S/C14H20O3Si/c1-16-12-7-6-8-13(17-2)14(12)11(15)9-10-18(3,4)5/h6-8,11,15H,1-5H3/t11-/m1/s1. The van der Waals surface area contributed by atoms with E-state index in [1.165, 1.54) is 0 Å². The zero-order valence-electron chi connectivity index (χ0n) is 11.6. The monoisotopic (exact) mass is 264 g/mol. The summed E-state index contributed by atoms with van der Waals surface area (Å²) in [6.45, 7) is 6.39. The number of rotatable bonds is 3. The van der Waals surface area contributed by atoms with Crippen LogP contribution in [0.15, 0.2) is 18.2 Å². The summed E-state index contributed by atoms with van der Waals surface area (Å²) < 4.78 is 10.5. The molecular weight excluding hydrogens is 244 g/mol. The fourth-order valence-corrected chi connectivity index (χ4v) is 2.08. The molecule has 18 heavy (non-hydrogen) atoms. The van der Waals surface area contributed by atoms with Gasteiger partial charge in [-0.3, -0.25) is 0 Å². The van der Waals surface area contributed by atoms with Crippen molar-refractivity contribution in [3.63, 3.8) is 0 Å². The van der Waals surface area contributed by atoms with Crippen LogP contribution in [0.1, 0.15) is 11.7 Å². The molecule has 98 valence electrons. The van der Waals surface area contributed by atoms with E-state index in [0.29, 0.717) is 17.1 Å². The third-order valence-electron chi connectivity index (χ3n) is 2.32. The Bertz CT molecular complexity index is 444. The van der Waals surface area contributed by atoms with Crippen molar-refractivity contribution in [3.05, 3.63) is 23.8 Å². The lowest BCUT2D eigenvalue weighted by Crippen LogP contribution is -2.17. The normalized spacial score (nSPS) is 12.3. The van der Waals surface area contributed by atoms with Gasteiger partial charge in [0.15, 0.2) is 0 Å². The van der Waals surface area contributed by atoms with Crippen LogP contribution in [0.2, 0.25) is 19.6 Å². The summed E-state index contributed by atoms with van der Waals surface area (Å²) in [7, 11) is 1.62. The molecule has 3 nitrogen and oxygen atoms in total. The van der Waals surface area contributed by atoms with E-state index in [1.54, 1.807) is 26.4 Å². The lowest BCUT2D eigenvalue weighted by Gasteiger charge is -2.15. The number of ether oxygens (including phenoxy) is 2. The minimum atomic E-state index is -1.51. The largest absolute Gasteiger partial charge is 0.496 e. The van der Waals surface area contributed by atoms with Gasteiger partial charge in [0.25, 0.3) is 0 Å². The number of hydrogen-bond donors (Lipinski definition) is 1. The molecule has 1 aromatic carbocycles. The first-order valence-corrected chi connectivity index (χ1v) is 9.30. The van der Waals surface area contributed by atoms with E-state index in [0.717, 1.165) is 0 Å². The van der Waals surface area contributed by atoms with Gasteiger partial charge in [0.2, 0.25) is 0 Å². The molecule has 0 saturated carbocycles. The molecule has 0 radical (unpaired) electrons. The minimum Gasteiger partial charge on any atom is -0.496 e. The van der Waals surface area contributed by atoms with Crippen molar-refractivity contribution in [2.45, 2.75) is 25.7 Å². The quantitative estimate of drug-likeness (QED) is 0.674. The third kappa shape index (κ3) is 3.79. The number of aliphatic hydroxyl groups excluding tert-OH is 1. The molecule has 0 aliphatic heterocycles. The molecule has 0 amide bonds. The van der Waals surface area contributed by atoms with E-state index in [4.69, 9.17) is 9.47 Å². The molecule has 0 heterocycles. The molecular formula is C14H20O3Si. The van der Waals surface area contributed by atoms with Gasteiger partial charge in [0.1, 0.15) is 25.7 Å². The molecule has 0 fully saturated rings. The Hall–Kier alpha value is -1.44. The van der Waals surface area contributed by atoms with Gasteiger partial charge >= 0.3 is 0 Å². The molecule has 4 heteroatoms. The predicted octanol–water partition coefficient (Wildman–Crippen LogP) is 2.62. The Morgan fingerprint density at radius 3 is 2.00 bits per heavy atom. The highest BCUT2D eigenvalue weighted by Gasteiger charge is 2.17. The molecule has 0 aliphatic carbocycles. The van der Waals surface area contributed by atoms with E-state index in [-0.39, 0.29) is 0 Å². The van der Waals surface area contributed by atoms with E-state index >= 15 is 0 Å². The van der Waals surface area contributed by atoms with Gasteiger partial charge in [0, 0.05) is 0 Å². The second-order valence-corrected chi connectivity index (χ2v) is 9.75. The van der Waals surface area contributed by atoms with Gasteiger partial charge in [-0.25, -0.2) is 0 Å². The van der Waals surface area contributed by atoms with Crippen LogP contribution < -0.4 is 9.47 Å². The van der Waals surface area contributed by atoms with Crippen LogP contribution in [0.3, 0.4) is 0 Å². The zero-order valence-corrected chi connectivity index (χ0v) is 12.6. The molecule has 0 bridgehead atoms. The molecule has 1 aromatic rings. The zero-order chi connectivity index (χ0) is 13.8. The van der Waals surface area contributed by atoms with Crippen molar-refractivity contribution in [1.29, 1.82) is 0 Å². The Morgan fingerprint density at radius 1 is 1.11 bits per heavy atom. The maximum Gasteiger partial charge on any atom is 0.146 e. The van der Waals surface area contributed by atoms with Gasteiger partial charge < -0.3 is 14.6 Å². The molecule has 1 N–H and O–H groups in total. The summed E-state index contributed by atoms with van der Waals surface area (Å²) >= 11 is 0. The van der Waals surface area contributed by atoms with Gasteiger partial charge in [-0.2, -0.15) is 0 Å². The van der Waals surface area contributed by atoms with Crippen LogP contribution in [0.4, 0.5) is 0 Å². The highest BCUT2D eigenvalue weighted by molar-refractivity contribution is 6.83. The van der Waals surface area contributed by atoms with Crippen LogP contribution in [-0.4, -0.2) is 27.4 Å². The SMILES string of the molecule is COc1cccc(OC)c1[C@H](O)C#C[Si](C)(C)C. The Balaban J connectivity index is 3.17. The van der Waals surface area contributed by atoms with Gasteiger partial charge in [0.05, 0.1) is 19.8 Å². The van der Waals surface area contributed by atoms with Crippen LogP contribution in [0.5, 0.6) is 11.5 Å². The molecule has 0 aromatic heterocycles. The molecule has 1 atom stereocenters. The highest BCUT2D eigenvalue weighted by Crippen LogP contribution is 2.33. The number of methoxy groups -OCH3 is 2. The van der Waals surface area contributed by atoms with Crippen LogP contribution in [-0.2, 0) is 0 Å². The topological polar surface area (TPSA) is 38.7 Å². The summed E-state index contributed by atoms with van der Waals surface area (Å²) in [6.07, 6.45) is -0.886. The lowest BCUT2D eigenvalue weighted by molar-refractivity contribution is 0.225. The van der Waals surface area contributed by atoms with Crippen molar-refractivity contribution in [3.8, 4) is 23.0 Å². The molecule has 0 spiro atoms. The fourth-order valence-electron chi connectivity index (χ4n) is 1.51. The summed E-state index contributed by atoms with van der Waals surface area (Å²) in [6, 6.07) is 5.40. The van der Waals surface area contributed by atoms with Crippen LogP contribution in [0, 0.1) is 11.5 Å². The van der Waals surface area contributed by atoms with E-state index in [1.807, 2.05) is 6.07 Å². The van der Waals surface area contributed by atoms with E-state index in [9.17, 15) is 5.11 Å². The molecule has 0 aliphatic rings. The molecule has 0 unspecified atom stereocenters. The lowest BCUT2D eigenvalue weighted by atomic mass is 10.1. The average molecular weight is 264 g/mol. The fraction of sp³-hybridized carbons (Fsp3) is 0.429. The summed E-state index contributed by atoms with van der Waals surface area (Å²) in [5, 5.41) is 10.2. The van der Waals surface area contributed by atoms with Gasteiger partial charge in [-0.05, 0) is 12.1 Å². The average Bonchev–Trinajstić information content (AvgIpc) is 2.33. The second-order valence-electron chi connectivity index (χ2n) is 5.00. The van der Waals surface area contributed by atoms with E-state index < -0.39 is 14.2 Å². The molecule has 1 rings (SSSR count). The third-order valence-corrected chi connectivity index (χ3v) is 3.22. The van der Waals surface area contributed by atoms with Crippen molar-refractivity contribution >= 4 is 8.07 Å². The molecule has 0 saturated heterocycles. The minimum absolute atomic E-state index is 0.590. The number of hydrogen-bond acceptors (Lipinski definition) is 3. The first-order chi connectivity index (χ1) is 8.39. The van der Waals surface area contributed by atoms with Gasteiger partial charge in [-0.15, -0.1) is 5.54 Å². The van der Waals surface area contributed by atoms with Crippen molar-refractivity contribution in [1.82, 2.24) is 0 Å². The predicted molar refractivity (Wildman–Crippen MR) is 75.6 cm³/mol. The smallest absolute Gasteiger partial charge is 0.146 e. The van der Waals surface area contributed by atoms with Crippen LogP contribution in [0.25, 0.3) is 0 Å². The van der Waals surface area contributed by atoms with E-state index in [2.05, 4.69) is 31.1 Å². The van der Waals surface area contributed by atoms with Crippen LogP contribution >= 0.6 is 0 Å². The maximum absolute atomic E-state index is 10.2. The Labute approximate surface area is 110 Å². The summed E-state index contributed by atoms with van der Waals surface area (Å²) in [4.78, 5) is 0. The van der Waals surface area contributed by atoms with Crippen molar-refractivity contribution in [2.75, 3.05) is 14.2 Å².